The van der Waals surface area contributed by atoms with Crippen LogP contribution in [0.5, 0.6) is 28.7 Å². The van der Waals surface area contributed by atoms with Crippen molar-refractivity contribution in [2.75, 3.05) is 27.9 Å². The molecule has 39 heavy (non-hydrogen) atoms. The fourth-order valence-corrected chi connectivity index (χ4v) is 5.04. The Morgan fingerprint density at radius 1 is 0.718 bits per heavy atom. The SMILES string of the molecule is CCCCCCCC(=O)Oc1cc2c(OCC)cc3c4cc(OC)c(OC)cc4c[n+](C)c3c2cc1OC.[I-]. The maximum Gasteiger partial charge on any atom is 0.311 e. The van der Waals surface area contributed by atoms with E-state index in [0.717, 1.165) is 51.7 Å². The second kappa shape index (κ2) is 13.9. The van der Waals surface area contributed by atoms with Gasteiger partial charge in [0.05, 0.1) is 44.1 Å². The highest BCUT2D eigenvalue weighted by Gasteiger charge is 2.23. The second-order valence-electron chi connectivity index (χ2n) is 9.43. The third-order valence-corrected chi connectivity index (χ3v) is 6.89. The summed E-state index contributed by atoms with van der Waals surface area (Å²) in [6.07, 6.45) is 7.80. The van der Waals surface area contributed by atoms with Crippen molar-refractivity contribution in [1.82, 2.24) is 0 Å². The van der Waals surface area contributed by atoms with Gasteiger partial charge in [0.1, 0.15) is 12.8 Å². The fraction of sp³-hybridized carbons (Fsp3) is 0.419. The average Bonchev–Trinajstić information content (AvgIpc) is 2.92. The Labute approximate surface area is 247 Å². The predicted molar refractivity (Wildman–Crippen MR) is 150 cm³/mol. The number of ether oxygens (including phenoxy) is 5. The van der Waals surface area contributed by atoms with Crippen LogP contribution < -0.4 is 52.2 Å². The van der Waals surface area contributed by atoms with E-state index in [4.69, 9.17) is 23.7 Å². The molecule has 8 heteroatoms. The van der Waals surface area contributed by atoms with Gasteiger partial charge in [-0.2, -0.15) is 4.57 Å². The Bertz CT molecular complexity index is 1470. The molecule has 0 saturated carbocycles. The van der Waals surface area contributed by atoms with Crippen LogP contribution in [0.4, 0.5) is 0 Å². The summed E-state index contributed by atoms with van der Waals surface area (Å²) < 4.78 is 30.8. The lowest BCUT2D eigenvalue weighted by Crippen LogP contribution is -3.00. The molecule has 4 aromatic rings. The predicted octanol–water partition coefficient (Wildman–Crippen LogP) is 3.67. The number of nitrogens with zero attached hydrogens (tertiary/aromatic N) is 1. The van der Waals surface area contributed by atoms with Crippen LogP contribution in [0.2, 0.25) is 0 Å². The number of hydrogen-bond acceptors (Lipinski definition) is 6. The van der Waals surface area contributed by atoms with Crippen LogP contribution in [0.3, 0.4) is 0 Å². The molecule has 1 aromatic heterocycles. The summed E-state index contributed by atoms with van der Waals surface area (Å²) in [7, 11) is 6.87. The summed E-state index contributed by atoms with van der Waals surface area (Å²) in [5.41, 5.74) is 0.996. The van der Waals surface area contributed by atoms with Gasteiger partial charge in [0.2, 0.25) is 5.52 Å². The van der Waals surface area contributed by atoms with Crippen molar-refractivity contribution in [3.63, 3.8) is 0 Å². The smallest absolute Gasteiger partial charge is 0.311 e. The highest BCUT2D eigenvalue weighted by atomic mass is 127. The van der Waals surface area contributed by atoms with Gasteiger partial charge in [0.15, 0.2) is 29.2 Å². The summed E-state index contributed by atoms with van der Waals surface area (Å²) in [6, 6.07) is 9.79. The van der Waals surface area contributed by atoms with Crippen LogP contribution in [-0.2, 0) is 11.8 Å². The molecule has 0 aliphatic carbocycles. The van der Waals surface area contributed by atoms with Crippen molar-refractivity contribution in [2.45, 2.75) is 52.4 Å². The molecule has 0 N–H and O–H groups in total. The number of unbranched alkanes of at least 4 members (excludes halogenated alkanes) is 4. The molecule has 7 nitrogen and oxygen atoms in total. The first-order valence-corrected chi connectivity index (χ1v) is 13.3. The number of methoxy groups -OCH3 is 3. The van der Waals surface area contributed by atoms with Crippen LogP contribution >= 0.6 is 0 Å². The first kappa shape index (κ1) is 30.5. The highest BCUT2D eigenvalue weighted by molar-refractivity contribution is 6.16. The van der Waals surface area contributed by atoms with Gasteiger partial charge in [-0.3, -0.25) is 4.79 Å². The molecule has 210 valence electrons. The first-order valence-electron chi connectivity index (χ1n) is 13.3. The van der Waals surface area contributed by atoms with Gasteiger partial charge in [-0.1, -0.05) is 32.6 Å². The number of benzene rings is 3. The standard InChI is InChI=1S/C31H38NO6.HI/c1-7-9-10-11-12-13-30(33)38-29-16-22-24(18-28(29)36-6)31-23(17-25(22)37-8-2)21-15-27(35-5)26(34-4)14-20(21)19-32(31)3;/h14-19H,7-13H2,1-6H3;1H/q+1;/p-1. The van der Waals surface area contributed by atoms with E-state index in [1.807, 2.05) is 44.3 Å². The Balaban J connectivity index is 0.00000420. The fourth-order valence-electron chi connectivity index (χ4n) is 5.04. The Hall–Kier alpha value is -3.01. The number of aromatic nitrogens is 1. The van der Waals surface area contributed by atoms with Gasteiger partial charge in [0, 0.05) is 17.2 Å². The summed E-state index contributed by atoms with van der Waals surface area (Å²) in [6.45, 7) is 4.63. The lowest BCUT2D eigenvalue weighted by molar-refractivity contribution is -0.642. The molecule has 0 amide bonds. The van der Waals surface area contributed by atoms with Crippen LogP contribution in [0, 0.1) is 0 Å². The van der Waals surface area contributed by atoms with E-state index in [9.17, 15) is 4.79 Å². The largest absolute Gasteiger partial charge is 1.00 e. The number of carbonyl (C=O) groups is 1. The van der Waals surface area contributed by atoms with Crippen LogP contribution in [-0.4, -0.2) is 33.9 Å². The molecule has 0 radical (unpaired) electrons. The summed E-state index contributed by atoms with van der Waals surface area (Å²) in [5.74, 6) is 2.67. The van der Waals surface area contributed by atoms with Gasteiger partial charge in [-0.25, -0.2) is 0 Å². The van der Waals surface area contributed by atoms with Crippen molar-refractivity contribution in [3.05, 3.63) is 36.5 Å². The van der Waals surface area contributed by atoms with E-state index in [1.165, 1.54) is 12.8 Å². The summed E-state index contributed by atoms with van der Waals surface area (Å²) >= 11 is 0. The van der Waals surface area contributed by atoms with Gasteiger partial charge >= 0.3 is 5.97 Å². The third-order valence-electron chi connectivity index (χ3n) is 6.89. The maximum atomic E-state index is 12.7. The van der Waals surface area contributed by atoms with E-state index in [1.54, 1.807) is 21.3 Å². The summed E-state index contributed by atoms with van der Waals surface area (Å²) in [5, 5.41) is 4.80. The van der Waals surface area contributed by atoms with Crippen molar-refractivity contribution < 1.29 is 57.0 Å². The minimum absolute atomic E-state index is 0. The highest BCUT2D eigenvalue weighted by Crippen LogP contribution is 2.43. The van der Waals surface area contributed by atoms with E-state index in [-0.39, 0.29) is 29.9 Å². The molecule has 0 saturated heterocycles. The molecule has 0 bridgehead atoms. The van der Waals surface area contributed by atoms with E-state index >= 15 is 0 Å². The zero-order valence-corrected chi connectivity index (χ0v) is 25.8. The number of rotatable bonds is 12. The molecular weight excluding hydrogens is 609 g/mol. The number of carbonyl (C=O) groups excluding carboxylic acids is 1. The van der Waals surface area contributed by atoms with Crippen molar-refractivity contribution in [2.24, 2.45) is 7.05 Å². The van der Waals surface area contributed by atoms with Gasteiger partial charge in [-0.15, -0.1) is 0 Å². The van der Waals surface area contributed by atoms with Crippen molar-refractivity contribution >= 4 is 38.4 Å². The molecule has 0 fully saturated rings. The zero-order chi connectivity index (χ0) is 27.2. The number of hydrogen-bond donors (Lipinski definition) is 0. The maximum absolute atomic E-state index is 12.7. The quantitative estimate of drug-likeness (QED) is 0.0585. The lowest BCUT2D eigenvalue weighted by atomic mass is 9.99. The Morgan fingerprint density at radius 3 is 1.95 bits per heavy atom. The minimum Gasteiger partial charge on any atom is -1.00 e. The Morgan fingerprint density at radius 2 is 1.28 bits per heavy atom. The third kappa shape index (κ3) is 6.42. The Kier molecular flexibility index (Phi) is 10.9. The van der Waals surface area contributed by atoms with Gasteiger partial charge in [-0.05, 0) is 43.7 Å². The molecular formula is C31H38INO6. The average molecular weight is 648 g/mol. The normalized spacial score (nSPS) is 10.9. The lowest BCUT2D eigenvalue weighted by Gasteiger charge is -2.16. The number of fused-ring (bicyclic) bond motifs is 5. The molecule has 4 rings (SSSR count). The number of aryl methyl sites for hydroxylation is 1. The number of halogens is 1. The monoisotopic (exact) mass is 647 g/mol. The molecule has 0 spiro atoms. The van der Waals surface area contributed by atoms with Crippen molar-refractivity contribution in [3.8, 4) is 28.7 Å². The van der Waals surface area contributed by atoms with E-state index in [2.05, 4.69) is 17.7 Å². The molecule has 0 atom stereocenters. The van der Waals surface area contributed by atoms with Gasteiger partial charge < -0.3 is 47.7 Å². The molecule has 0 unspecified atom stereocenters. The topological polar surface area (TPSA) is 67.1 Å². The molecule has 3 aromatic carbocycles. The molecule has 1 heterocycles. The first-order chi connectivity index (χ1) is 18.4. The number of pyridine rings is 1. The summed E-state index contributed by atoms with van der Waals surface area (Å²) in [4.78, 5) is 12.7. The molecule has 0 aliphatic heterocycles. The van der Waals surface area contributed by atoms with Crippen LogP contribution in [0.25, 0.3) is 32.4 Å². The minimum atomic E-state index is -0.254. The second-order valence-corrected chi connectivity index (χ2v) is 9.43. The number of esters is 1. The van der Waals surface area contributed by atoms with E-state index < -0.39 is 0 Å². The van der Waals surface area contributed by atoms with Crippen LogP contribution in [0.1, 0.15) is 52.4 Å². The van der Waals surface area contributed by atoms with Gasteiger partial charge in [0.25, 0.3) is 0 Å². The molecule has 0 aliphatic rings. The van der Waals surface area contributed by atoms with Crippen molar-refractivity contribution in [1.29, 1.82) is 0 Å². The van der Waals surface area contributed by atoms with Crippen LogP contribution in [0.15, 0.2) is 36.5 Å². The van der Waals surface area contributed by atoms with E-state index in [0.29, 0.717) is 41.8 Å². The zero-order valence-electron chi connectivity index (χ0n) is 23.7.